The molecule has 9 aliphatic rings. The van der Waals surface area contributed by atoms with Gasteiger partial charge in [-0.2, -0.15) is 0 Å². The Morgan fingerprint density at radius 3 is 2.00 bits per heavy atom. The number of likely N-dealkylation sites (N-methyl/N-ethyl adjacent to an activating group) is 1. The van der Waals surface area contributed by atoms with E-state index >= 15 is 0 Å². The Hall–Kier alpha value is -6.46. The van der Waals surface area contributed by atoms with E-state index in [1.165, 1.54) is 89.1 Å². The van der Waals surface area contributed by atoms with Gasteiger partial charge in [-0.15, -0.1) is 23.5 Å². The zero-order valence-electron chi connectivity index (χ0n) is 42.8. The largest absolute Gasteiger partial charge is 0.348 e. The van der Waals surface area contributed by atoms with Crippen LogP contribution in [0.4, 0.5) is 0 Å². The molecule has 2 nitrogen and oxygen atoms in total. The van der Waals surface area contributed by atoms with Gasteiger partial charge in [0.1, 0.15) is 0 Å². The van der Waals surface area contributed by atoms with Gasteiger partial charge in [-0.05, 0) is 153 Å². The number of fused-ring (bicyclic) bond motifs is 6. The Balaban J connectivity index is 0.000000250. The number of allylic oxidation sites excluding steroid dienone is 27. The summed E-state index contributed by atoms with van der Waals surface area (Å²) < 4.78 is 0. The van der Waals surface area contributed by atoms with Gasteiger partial charge in [-0.1, -0.05) is 200 Å². The number of aryl methyl sites for hydroxylation is 1. The monoisotopic (exact) mass is 990 g/mol. The Bertz CT molecular complexity index is 3050. The molecule has 4 unspecified atom stereocenters. The molecule has 2 heterocycles. The van der Waals surface area contributed by atoms with Crippen LogP contribution in [-0.4, -0.2) is 33.4 Å². The molecule has 3 aromatic rings. The number of hydrogen-bond acceptors (Lipinski definition) is 4. The maximum Gasteiger partial charge on any atom is 0.0556 e. The van der Waals surface area contributed by atoms with Crippen molar-refractivity contribution in [1.29, 1.82) is 0 Å². The normalized spacial score (nSPS) is 23.2. The predicted octanol–water partition coefficient (Wildman–Crippen LogP) is 18.5. The second-order valence-corrected chi connectivity index (χ2v) is 22.5. The van der Waals surface area contributed by atoms with Crippen molar-refractivity contribution in [2.24, 2.45) is 5.92 Å². The number of thioether (sulfide) groups is 2. The quantitative estimate of drug-likeness (QED) is 0.177. The van der Waals surface area contributed by atoms with Gasteiger partial charge in [0.15, 0.2) is 0 Å². The van der Waals surface area contributed by atoms with Crippen molar-refractivity contribution in [1.82, 2.24) is 9.80 Å². The minimum Gasteiger partial charge on any atom is -0.348 e. The summed E-state index contributed by atoms with van der Waals surface area (Å²) in [5.74, 6) is 0.424. The molecule has 0 radical (unpaired) electrons. The average Bonchev–Trinajstić information content (AvgIpc) is 4.03. The van der Waals surface area contributed by atoms with Gasteiger partial charge < -0.3 is 9.80 Å². The molecule has 0 saturated heterocycles. The Morgan fingerprint density at radius 2 is 1.33 bits per heavy atom. The van der Waals surface area contributed by atoms with E-state index in [0.29, 0.717) is 22.5 Å². The fourth-order valence-electron chi connectivity index (χ4n) is 11.1. The number of hydrogen-bond donors (Lipinski definition) is 0. The van der Waals surface area contributed by atoms with E-state index in [1.807, 2.05) is 60.0 Å². The van der Waals surface area contributed by atoms with Crippen molar-refractivity contribution in [3.8, 4) is 0 Å². The summed E-state index contributed by atoms with van der Waals surface area (Å²) in [7, 11) is 2.22. The first kappa shape index (κ1) is 50.1. The van der Waals surface area contributed by atoms with Crippen molar-refractivity contribution in [3.05, 3.63) is 287 Å². The molecule has 7 aliphatic carbocycles. The first-order chi connectivity index (χ1) is 36.0. The summed E-state index contributed by atoms with van der Waals surface area (Å²) in [6, 6.07) is 28.2. The van der Waals surface area contributed by atoms with Crippen LogP contribution in [0.25, 0.3) is 11.1 Å². The maximum absolute atomic E-state index is 3.73. The van der Waals surface area contributed by atoms with Gasteiger partial charge in [0.2, 0.25) is 0 Å². The van der Waals surface area contributed by atoms with E-state index in [-0.39, 0.29) is 0 Å². The molecule has 12 rings (SSSR count). The Labute approximate surface area is 445 Å². The van der Waals surface area contributed by atoms with E-state index in [0.717, 1.165) is 64.2 Å². The third kappa shape index (κ3) is 12.3. The molecule has 73 heavy (non-hydrogen) atoms. The molecule has 0 aromatic heterocycles. The number of rotatable bonds is 11. The van der Waals surface area contributed by atoms with E-state index in [1.54, 1.807) is 0 Å². The molecular weight excluding hydrogens is 921 g/mol. The average molecular weight is 991 g/mol. The maximum atomic E-state index is 3.73. The lowest BCUT2D eigenvalue weighted by molar-refractivity contribution is 0.354. The molecule has 4 atom stereocenters. The Kier molecular flexibility index (Phi) is 16.8. The molecular formula is C69H70N2S2. The van der Waals surface area contributed by atoms with Crippen LogP contribution in [0.15, 0.2) is 280 Å². The summed E-state index contributed by atoms with van der Waals surface area (Å²) in [5.41, 5.74) is 18.7. The van der Waals surface area contributed by atoms with Crippen LogP contribution in [0.3, 0.4) is 0 Å². The fourth-order valence-corrected chi connectivity index (χ4v) is 13.7. The lowest BCUT2D eigenvalue weighted by atomic mass is 9.86. The third-order valence-corrected chi connectivity index (χ3v) is 17.9. The molecule has 3 aromatic carbocycles. The molecule has 0 fully saturated rings. The minimum atomic E-state index is 0.306. The van der Waals surface area contributed by atoms with Gasteiger partial charge >= 0.3 is 0 Å². The molecule has 368 valence electrons. The van der Waals surface area contributed by atoms with Crippen LogP contribution in [0.2, 0.25) is 0 Å². The highest BCUT2D eigenvalue weighted by atomic mass is 32.2. The summed E-state index contributed by atoms with van der Waals surface area (Å²) in [5, 5.41) is 1.21. The van der Waals surface area contributed by atoms with Crippen LogP contribution in [-0.2, 0) is 0 Å². The smallest absolute Gasteiger partial charge is 0.0556 e. The van der Waals surface area contributed by atoms with Crippen molar-refractivity contribution in [2.45, 2.75) is 104 Å². The molecule has 0 N–H and O–H groups in total. The first-order valence-electron chi connectivity index (χ1n) is 26.7. The molecule has 0 amide bonds. The number of benzene rings is 3. The van der Waals surface area contributed by atoms with Gasteiger partial charge in [-0.3, -0.25) is 0 Å². The van der Waals surface area contributed by atoms with Gasteiger partial charge in [0.05, 0.1) is 6.04 Å². The van der Waals surface area contributed by atoms with Crippen LogP contribution in [0.1, 0.15) is 87.3 Å². The van der Waals surface area contributed by atoms with Crippen molar-refractivity contribution >= 4 is 34.7 Å². The van der Waals surface area contributed by atoms with Crippen molar-refractivity contribution < 1.29 is 0 Å². The standard InChI is InChI=1S/C50H52N2S.C12H10S.C7H8/c1-3-4-5-6-8-13-37-18-26-42(27-19-37)51(2)43-28-20-40(21-29-43)41-24-32-45(33-25-41)52(44-30-22-39(23-31-44)38-14-9-7-10-15-38)46-34-35-50-48(36-46)47-16-11-12-17-49(47)53-50;1-3-7-11-9(5-1)10-6-2-4-8-12(10)13-11;1-7-5-3-2-4-6-7/h3-9,11-12,14,16-18,20,22,24-26,28-30,32,34,36,40,45,50H,1,10,13,15,19,21,23,27,31,33,35H2,2H3;1-7,12H,8H2;2-6H,1H3/b5-4-,8-6-;;. The van der Waals surface area contributed by atoms with Crippen LogP contribution in [0, 0.1) is 12.8 Å². The second kappa shape index (κ2) is 24.5. The fraction of sp³-hybridized carbons (Fsp3) is 0.246. The lowest BCUT2D eigenvalue weighted by Gasteiger charge is -2.39. The minimum absolute atomic E-state index is 0.306. The number of nitrogens with zero attached hydrogens (tertiary/aromatic N) is 2. The molecule has 0 bridgehead atoms. The van der Waals surface area contributed by atoms with Gasteiger partial charge in [0, 0.05) is 56.0 Å². The second-order valence-electron chi connectivity index (χ2n) is 20.0. The van der Waals surface area contributed by atoms with E-state index in [2.05, 4.69) is 213 Å². The summed E-state index contributed by atoms with van der Waals surface area (Å²) in [6.45, 7) is 5.81. The summed E-state index contributed by atoms with van der Waals surface area (Å²) in [4.78, 5) is 7.94. The zero-order chi connectivity index (χ0) is 49.8. The molecule has 0 saturated carbocycles. The topological polar surface area (TPSA) is 6.48 Å². The Morgan fingerprint density at radius 1 is 0.603 bits per heavy atom. The molecule has 4 heteroatoms. The van der Waals surface area contributed by atoms with E-state index in [9.17, 15) is 0 Å². The van der Waals surface area contributed by atoms with Crippen molar-refractivity contribution in [2.75, 3.05) is 7.05 Å². The predicted molar refractivity (Wildman–Crippen MR) is 317 cm³/mol. The highest BCUT2D eigenvalue weighted by Gasteiger charge is 2.33. The van der Waals surface area contributed by atoms with Gasteiger partial charge in [-0.25, -0.2) is 0 Å². The zero-order valence-corrected chi connectivity index (χ0v) is 44.4. The SMILES string of the molecule is C1=CCC2Sc3ccccc3C2=C1.C=C/C=C\C=C/CC1=CC=C(N(C)C2=CCC(C3=CCC(N(C4=CCC5Sc6ccccc6C5=C4)C4=CC=C(C5=CC=CCC5)CC4)C=C3)C=C2)CC1.Cc1ccccc1. The third-order valence-electron chi connectivity index (χ3n) is 15.2. The van der Waals surface area contributed by atoms with Crippen LogP contribution in [0.5, 0.6) is 0 Å². The highest BCUT2D eigenvalue weighted by molar-refractivity contribution is 8.01. The summed E-state index contributed by atoms with van der Waals surface area (Å²) in [6.07, 6.45) is 64.9. The van der Waals surface area contributed by atoms with Crippen LogP contribution >= 0.6 is 23.5 Å². The lowest BCUT2D eigenvalue weighted by Crippen LogP contribution is -2.34. The van der Waals surface area contributed by atoms with Crippen molar-refractivity contribution in [3.63, 3.8) is 0 Å². The molecule has 2 aliphatic heterocycles. The molecule has 0 spiro atoms. The van der Waals surface area contributed by atoms with Crippen LogP contribution < -0.4 is 0 Å². The van der Waals surface area contributed by atoms with E-state index < -0.39 is 0 Å². The van der Waals surface area contributed by atoms with E-state index in [4.69, 9.17) is 0 Å². The summed E-state index contributed by atoms with van der Waals surface area (Å²) >= 11 is 4.04. The highest BCUT2D eigenvalue weighted by Crippen LogP contribution is 2.50. The first-order valence-corrected chi connectivity index (χ1v) is 28.5. The van der Waals surface area contributed by atoms with Gasteiger partial charge in [0.25, 0.3) is 0 Å².